The highest BCUT2D eigenvalue weighted by Crippen LogP contribution is 2.31. The topological polar surface area (TPSA) is 64.7 Å². The fraction of sp³-hybridized carbons (Fsp3) is 0.625. The lowest BCUT2D eigenvalue weighted by molar-refractivity contribution is -0.0139. The van der Waals surface area contributed by atoms with Gasteiger partial charge < -0.3 is 20.4 Å². The first-order valence-corrected chi connectivity index (χ1v) is 11.6. The number of H-pyrrole nitrogens is 1. The third-order valence-corrected chi connectivity index (χ3v) is 6.77. The van der Waals surface area contributed by atoms with E-state index in [4.69, 9.17) is 9.73 Å². The number of hydrogen-bond acceptors (Lipinski definition) is 3. The van der Waals surface area contributed by atoms with Crippen molar-refractivity contribution in [3.8, 4) is 0 Å². The van der Waals surface area contributed by atoms with Gasteiger partial charge in [0, 0.05) is 48.9 Å². The molecule has 2 aromatic rings. The number of aromatic amines is 1. The Kier molecular flexibility index (Phi) is 6.95. The van der Waals surface area contributed by atoms with E-state index in [1.54, 1.807) is 0 Å². The molecule has 30 heavy (non-hydrogen) atoms. The van der Waals surface area contributed by atoms with E-state index in [0.29, 0.717) is 0 Å². The van der Waals surface area contributed by atoms with Crippen LogP contribution in [0.15, 0.2) is 29.4 Å². The predicted molar refractivity (Wildman–Crippen MR) is 124 cm³/mol. The summed E-state index contributed by atoms with van der Waals surface area (Å²) in [6.07, 6.45) is 7.92. The van der Waals surface area contributed by atoms with E-state index in [9.17, 15) is 0 Å². The first kappa shape index (κ1) is 21.2. The zero-order chi connectivity index (χ0) is 20.8. The van der Waals surface area contributed by atoms with Crippen LogP contribution in [-0.4, -0.2) is 67.3 Å². The summed E-state index contributed by atoms with van der Waals surface area (Å²) < 4.78 is 5.68. The van der Waals surface area contributed by atoms with Crippen LogP contribution in [-0.2, 0) is 11.2 Å². The van der Waals surface area contributed by atoms with Crippen LogP contribution in [0.2, 0.25) is 0 Å². The highest BCUT2D eigenvalue weighted by molar-refractivity contribution is 5.86. The van der Waals surface area contributed by atoms with Gasteiger partial charge in [0.2, 0.25) is 0 Å². The van der Waals surface area contributed by atoms with Gasteiger partial charge in [0.25, 0.3) is 0 Å². The first-order chi connectivity index (χ1) is 14.7. The van der Waals surface area contributed by atoms with Crippen molar-refractivity contribution in [3.63, 3.8) is 0 Å². The van der Waals surface area contributed by atoms with Gasteiger partial charge in [-0.25, -0.2) is 0 Å². The lowest BCUT2D eigenvalue weighted by atomic mass is 9.88. The second-order valence-electron chi connectivity index (χ2n) is 8.71. The van der Waals surface area contributed by atoms with E-state index >= 15 is 0 Å². The Bertz CT molecular complexity index is 846. The molecule has 3 N–H and O–H groups in total. The quantitative estimate of drug-likeness (QED) is 0.484. The zero-order valence-electron chi connectivity index (χ0n) is 18.6. The lowest BCUT2D eigenvalue weighted by Crippen LogP contribution is -2.54. The van der Waals surface area contributed by atoms with Crippen molar-refractivity contribution in [2.75, 3.05) is 45.9 Å². The number of nitrogens with zero attached hydrogens (tertiary/aromatic N) is 2. The number of aromatic nitrogens is 1. The molecule has 2 fully saturated rings. The molecule has 0 amide bonds. The van der Waals surface area contributed by atoms with Gasteiger partial charge >= 0.3 is 0 Å². The SMILES string of the molecule is CCNC(=NCC1(N2CCCC2)CCOCC1)NCCc1c[nH]c2c(C)cccc12. The molecule has 1 aromatic heterocycles. The maximum atomic E-state index is 5.68. The van der Waals surface area contributed by atoms with Crippen molar-refractivity contribution in [3.05, 3.63) is 35.5 Å². The number of guanidine groups is 1. The fourth-order valence-electron chi connectivity index (χ4n) is 4.97. The summed E-state index contributed by atoms with van der Waals surface area (Å²) in [6.45, 7) is 11.0. The Labute approximate surface area is 180 Å². The molecule has 6 heteroatoms. The standard InChI is InChI=1S/C24H37N5O/c1-3-25-23(26-12-9-20-17-27-22-19(2)7-6-8-21(20)22)28-18-24(10-15-30-16-11-24)29-13-4-5-14-29/h6-8,17,27H,3-5,9-16,18H2,1-2H3,(H2,25,26,28). The lowest BCUT2D eigenvalue weighted by Gasteiger charge is -2.43. The van der Waals surface area contributed by atoms with Crippen LogP contribution in [0.25, 0.3) is 10.9 Å². The molecule has 4 rings (SSSR count). The molecule has 2 saturated heterocycles. The predicted octanol–water partition coefficient (Wildman–Crippen LogP) is 3.22. The van der Waals surface area contributed by atoms with E-state index in [1.807, 2.05) is 0 Å². The average Bonchev–Trinajstić information content (AvgIpc) is 3.44. The van der Waals surface area contributed by atoms with Crippen molar-refractivity contribution in [2.24, 2.45) is 4.99 Å². The third-order valence-electron chi connectivity index (χ3n) is 6.77. The molecular weight excluding hydrogens is 374 g/mol. The zero-order valence-corrected chi connectivity index (χ0v) is 18.6. The van der Waals surface area contributed by atoms with Crippen molar-refractivity contribution in [1.82, 2.24) is 20.5 Å². The van der Waals surface area contributed by atoms with E-state index in [2.05, 4.69) is 58.8 Å². The minimum absolute atomic E-state index is 0.172. The third kappa shape index (κ3) is 4.65. The van der Waals surface area contributed by atoms with Crippen molar-refractivity contribution >= 4 is 16.9 Å². The number of likely N-dealkylation sites (tertiary alicyclic amines) is 1. The molecule has 0 aliphatic carbocycles. The van der Waals surface area contributed by atoms with E-state index in [-0.39, 0.29) is 5.54 Å². The second kappa shape index (κ2) is 9.84. The maximum absolute atomic E-state index is 5.68. The van der Waals surface area contributed by atoms with Crippen LogP contribution < -0.4 is 10.6 Å². The van der Waals surface area contributed by atoms with E-state index in [0.717, 1.165) is 58.1 Å². The largest absolute Gasteiger partial charge is 0.381 e. The number of nitrogens with one attached hydrogen (secondary N) is 3. The Morgan fingerprint density at radius 3 is 2.77 bits per heavy atom. The number of aliphatic imine (C=N–C) groups is 1. The Balaban J connectivity index is 1.39. The number of rotatable bonds is 7. The van der Waals surface area contributed by atoms with Crippen LogP contribution in [0.4, 0.5) is 0 Å². The molecule has 0 unspecified atom stereocenters. The van der Waals surface area contributed by atoms with Gasteiger partial charge in [-0.05, 0) is 70.2 Å². The smallest absolute Gasteiger partial charge is 0.191 e. The average molecular weight is 412 g/mol. The van der Waals surface area contributed by atoms with Crippen molar-refractivity contribution < 1.29 is 4.74 Å². The first-order valence-electron chi connectivity index (χ1n) is 11.6. The number of benzene rings is 1. The molecule has 164 valence electrons. The number of ether oxygens (including phenoxy) is 1. The second-order valence-corrected chi connectivity index (χ2v) is 8.71. The highest BCUT2D eigenvalue weighted by atomic mass is 16.5. The van der Waals surface area contributed by atoms with E-state index in [1.165, 1.54) is 48.0 Å². The van der Waals surface area contributed by atoms with Gasteiger partial charge in [0.05, 0.1) is 6.54 Å². The van der Waals surface area contributed by atoms with E-state index < -0.39 is 0 Å². The van der Waals surface area contributed by atoms with Crippen molar-refractivity contribution in [1.29, 1.82) is 0 Å². The minimum Gasteiger partial charge on any atom is -0.381 e. The van der Waals surface area contributed by atoms with Crippen LogP contribution in [0, 0.1) is 6.92 Å². The molecule has 0 radical (unpaired) electrons. The summed E-state index contributed by atoms with van der Waals surface area (Å²) in [5.41, 5.74) is 4.08. The van der Waals surface area contributed by atoms with Gasteiger partial charge in [-0.15, -0.1) is 0 Å². The van der Waals surface area contributed by atoms with Crippen LogP contribution in [0.1, 0.15) is 43.7 Å². The normalized spacial score (nSPS) is 20.0. The summed E-state index contributed by atoms with van der Waals surface area (Å²) in [7, 11) is 0. The molecular formula is C24H37N5O. The monoisotopic (exact) mass is 411 g/mol. The molecule has 3 heterocycles. The summed E-state index contributed by atoms with van der Waals surface area (Å²) >= 11 is 0. The minimum atomic E-state index is 0.172. The Morgan fingerprint density at radius 1 is 1.20 bits per heavy atom. The van der Waals surface area contributed by atoms with Crippen LogP contribution in [0.5, 0.6) is 0 Å². The highest BCUT2D eigenvalue weighted by Gasteiger charge is 2.39. The Hall–Kier alpha value is -2.05. The number of aryl methyl sites for hydroxylation is 1. The molecule has 2 aliphatic heterocycles. The van der Waals surface area contributed by atoms with Gasteiger partial charge in [0.15, 0.2) is 5.96 Å². The fourth-order valence-corrected chi connectivity index (χ4v) is 4.97. The van der Waals surface area contributed by atoms with Gasteiger partial charge in [-0.3, -0.25) is 9.89 Å². The molecule has 6 nitrogen and oxygen atoms in total. The summed E-state index contributed by atoms with van der Waals surface area (Å²) in [5, 5.41) is 8.33. The maximum Gasteiger partial charge on any atom is 0.191 e. The van der Waals surface area contributed by atoms with Crippen LogP contribution in [0.3, 0.4) is 0 Å². The molecule has 0 saturated carbocycles. The summed E-state index contributed by atoms with van der Waals surface area (Å²) in [4.78, 5) is 11.1. The molecule has 0 bridgehead atoms. The van der Waals surface area contributed by atoms with Gasteiger partial charge in [0.1, 0.15) is 0 Å². The molecule has 1 aromatic carbocycles. The van der Waals surface area contributed by atoms with Crippen molar-refractivity contribution in [2.45, 2.75) is 51.5 Å². The Morgan fingerprint density at radius 2 is 2.00 bits per heavy atom. The molecule has 0 spiro atoms. The number of hydrogen-bond donors (Lipinski definition) is 3. The van der Waals surface area contributed by atoms with Gasteiger partial charge in [-0.1, -0.05) is 18.2 Å². The van der Waals surface area contributed by atoms with Crippen LogP contribution >= 0.6 is 0 Å². The summed E-state index contributed by atoms with van der Waals surface area (Å²) in [5.74, 6) is 0.929. The molecule has 2 aliphatic rings. The molecule has 0 atom stereocenters. The summed E-state index contributed by atoms with van der Waals surface area (Å²) in [6, 6.07) is 6.50. The number of para-hydroxylation sites is 1. The number of fused-ring (bicyclic) bond motifs is 1. The van der Waals surface area contributed by atoms with Gasteiger partial charge in [-0.2, -0.15) is 0 Å².